The Labute approximate surface area is 146 Å². The first kappa shape index (κ1) is 19.4. The molecule has 0 aromatic heterocycles. The van der Waals surface area contributed by atoms with E-state index >= 15 is 0 Å². The number of likely N-dealkylation sites (tertiary alicyclic amines) is 1. The second-order valence-electron chi connectivity index (χ2n) is 6.16. The van der Waals surface area contributed by atoms with E-state index in [0.29, 0.717) is 32.1 Å². The van der Waals surface area contributed by atoms with Gasteiger partial charge in [-0.05, 0) is 36.6 Å². The van der Waals surface area contributed by atoms with E-state index in [-0.39, 0.29) is 5.92 Å². The van der Waals surface area contributed by atoms with Crippen molar-refractivity contribution >= 4 is 5.96 Å². The van der Waals surface area contributed by atoms with Crippen molar-refractivity contribution in [1.82, 2.24) is 15.5 Å². The number of halogens is 3. The van der Waals surface area contributed by atoms with Crippen molar-refractivity contribution in [2.24, 2.45) is 10.9 Å². The molecule has 1 fully saturated rings. The molecule has 1 saturated heterocycles. The van der Waals surface area contributed by atoms with Gasteiger partial charge in [-0.3, -0.25) is 9.89 Å². The molecule has 0 spiro atoms. The molecule has 1 aliphatic rings. The van der Waals surface area contributed by atoms with Crippen molar-refractivity contribution < 1.29 is 17.9 Å². The van der Waals surface area contributed by atoms with E-state index in [0.717, 1.165) is 17.7 Å². The van der Waals surface area contributed by atoms with Crippen molar-refractivity contribution in [3.8, 4) is 5.75 Å². The fourth-order valence-corrected chi connectivity index (χ4v) is 2.87. The highest BCUT2D eigenvalue weighted by atomic mass is 19.4. The van der Waals surface area contributed by atoms with Crippen LogP contribution in [0.2, 0.25) is 0 Å². The first-order valence-corrected chi connectivity index (χ1v) is 8.26. The number of rotatable bonds is 6. The summed E-state index contributed by atoms with van der Waals surface area (Å²) in [5.74, 6) is 1.64. The third kappa shape index (κ3) is 6.81. The molecule has 1 unspecified atom stereocenters. The zero-order valence-corrected chi connectivity index (χ0v) is 14.6. The minimum atomic E-state index is -4.13. The maximum atomic E-state index is 12.4. The van der Waals surface area contributed by atoms with Crippen LogP contribution in [0.1, 0.15) is 12.0 Å². The van der Waals surface area contributed by atoms with E-state index in [4.69, 9.17) is 4.74 Å². The van der Waals surface area contributed by atoms with Crippen LogP contribution in [0, 0.1) is 5.92 Å². The standard InChI is InChI=1S/C17H25F3N4O/c1-21-16(22-9-13-3-5-15(25-2)6-4-13)23-10-14-7-8-24(11-14)12-17(18,19)20/h3-6,14H,7-12H2,1-2H3,(H2,21,22,23). The Balaban J connectivity index is 1.71. The summed E-state index contributed by atoms with van der Waals surface area (Å²) in [6.45, 7) is 1.34. The normalized spacial score (nSPS) is 19.1. The smallest absolute Gasteiger partial charge is 0.401 e. The molecule has 1 aromatic carbocycles. The molecule has 2 rings (SSSR count). The van der Waals surface area contributed by atoms with E-state index in [2.05, 4.69) is 15.6 Å². The third-order valence-electron chi connectivity index (χ3n) is 4.17. The average molecular weight is 358 g/mol. The number of nitrogens with one attached hydrogen (secondary N) is 2. The summed E-state index contributed by atoms with van der Waals surface area (Å²) in [6, 6.07) is 7.71. The molecule has 0 amide bonds. The molecule has 8 heteroatoms. The zero-order chi connectivity index (χ0) is 18.3. The lowest BCUT2D eigenvalue weighted by Crippen LogP contribution is -2.40. The Kier molecular flexibility index (Phi) is 6.92. The summed E-state index contributed by atoms with van der Waals surface area (Å²) in [5, 5.41) is 6.39. The molecular formula is C17H25F3N4O. The van der Waals surface area contributed by atoms with Gasteiger partial charge in [-0.15, -0.1) is 0 Å². The molecule has 1 atom stereocenters. The quantitative estimate of drug-likeness (QED) is 0.605. The maximum absolute atomic E-state index is 12.4. The predicted octanol–water partition coefficient (Wildman–Crippen LogP) is 2.24. The van der Waals surface area contributed by atoms with Gasteiger partial charge in [0.15, 0.2) is 5.96 Å². The lowest BCUT2D eigenvalue weighted by molar-refractivity contribution is -0.143. The second kappa shape index (κ2) is 8.94. The van der Waals surface area contributed by atoms with Crippen molar-refractivity contribution in [3.05, 3.63) is 29.8 Å². The predicted molar refractivity (Wildman–Crippen MR) is 91.8 cm³/mol. The highest BCUT2D eigenvalue weighted by Crippen LogP contribution is 2.22. The second-order valence-corrected chi connectivity index (χ2v) is 6.16. The monoisotopic (exact) mass is 358 g/mol. The molecule has 0 aliphatic carbocycles. The molecule has 2 N–H and O–H groups in total. The highest BCUT2D eigenvalue weighted by molar-refractivity contribution is 5.79. The fourth-order valence-electron chi connectivity index (χ4n) is 2.87. The van der Waals surface area contributed by atoms with Crippen LogP contribution in [0.15, 0.2) is 29.3 Å². The Hall–Kier alpha value is -1.96. The minimum absolute atomic E-state index is 0.196. The molecule has 0 bridgehead atoms. The molecule has 5 nitrogen and oxygen atoms in total. The molecule has 0 saturated carbocycles. The first-order chi connectivity index (χ1) is 11.9. The van der Waals surface area contributed by atoms with Crippen molar-refractivity contribution in [2.75, 3.05) is 40.3 Å². The molecule has 1 aliphatic heterocycles. The lowest BCUT2D eigenvalue weighted by Gasteiger charge is -2.18. The first-order valence-electron chi connectivity index (χ1n) is 8.26. The molecule has 1 heterocycles. The van der Waals surface area contributed by atoms with Crippen LogP contribution in [0.5, 0.6) is 5.75 Å². The van der Waals surface area contributed by atoms with Crippen LogP contribution in [-0.4, -0.2) is 57.4 Å². The van der Waals surface area contributed by atoms with Crippen molar-refractivity contribution in [2.45, 2.75) is 19.1 Å². The third-order valence-corrected chi connectivity index (χ3v) is 4.17. The van der Waals surface area contributed by atoms with Crippen LogP contribution in [0.4, 0.5) is 13.2 Å². The van der Waals surface area contributed by atoms with Gasteiger partial charge in [0.2, 0.25) is 0 Å². The SMILES string of the molecule is CN=C(NCc1ccc(OC)cc1)NCC1CCN(CC(F)(F)F)C1. The van der Waals surface area contributed by atoms with Crippen LogP contribution in [-0.2, 0) is 6.54 Å². The number of nitrogens with zero attached hydrogens (tertiary/aromatic N) is 2. The number of ether oxygens (including phenoxy) is 1. The Bertz CT molecular complexity index is 560. The van der Waals surface area contributed by atoms with Crippen molar-refractivity contribution in [1.29, 1.82) is 0 Å². The summed E-state index contributed by atoms with van der Waals surface area (Å²) in [7, 11) is 3.30. The summed E-state index contributed by atoms with van der Waals surface area (Å²) in [6.07, 6.45) is -3.36. The van der Waals surface area contributed by atoms with E-state index in [1.807, 2.05) is 24.3 Å². The van der Waals surface area contributed by atoms with Gasteiger partial charge in [0.05, 0.1) is 13.7 Å². The van der Waals surface area contributed by atoms with Gasteiger partial charge < -0.3 is 15.4 Å². The minimum Gasteiger partial charge on any atom is -0.497 e. The Morgan fingerprint density at radius 1 is 1.28 bits per heavy atom. The zero-order valence-electron chi connectivity index (χ0n) is 14.6. The van der Waals surface area contributed by atoms with Gasteiger partial charge in [-0.25, -0.2) is 0 Å². The molecule has 0 radical (unpaired) electrons. The van der Waals surface area contributed by atoms with E-state index in [1.54, 1.807) is 14.2 Å². The van der Waals surface area contributed by atoms with E-state index < -0.39 is 12.7 Å². The topological polar surface area (TPSA) is 48.9 Å². The van der Waals surface area contributed by atoms with Crippen LogP contribution in [0.3, 0.4) is 0 Å². The number of guanidine groups is 1. The van der Waals surface area contributed by atoms with Crippen LogP contribution >= 0.6 is 0 Å². The summed E-state index contributed by atoms with van der Waals surface area (Å²) >= 11 is 0. The number of alkyl halides is 3. The number of benzene rings is 1. The fraction of sp³-hybridized carbons (Fsp3) is 0.588. The molecular weight excluding hydrogens is 333 g/mol. The van der Waals surface area contributed by atoms with Gasteiger partial charge in [-0.1, -0.05) is 12.1 Å². The van der Waals surface area contributed by atoms with Gasteiger partial charge in [-0.2, -0.15) is 13.2 Å². The number of aliphatic imine (C=N–C) groups is 1. The van der Waals surface area contributed by atoms with Crippen LogP contribution < -0.4 is 15.4 Å². The number of hydrogen-bond acceptors (Lipinski definition) is 3. The number of hydrogen-bond donors (Lipinski definition) is 2. The van der Waals surface area contributed by atoms with Gasteiger partial charge >= 0.3 is 6.18 Å². The molecule has 25 heavy (non-hydrogen) atoms. The van der Waals surface area contributed by atoms with Crippen LogP contribution in [0.25, 0.3) is 0 Å². The maximum Gasteiger partial charge on any atom is 0.401 e. The average Bonchev–Trinajstić information content (AvgIpc) is 3.01. The van der Waals surface area contributed by atoms with Gasteiger partial charge in [0.1, 0.15) is 5.75 Å². The Morgan fingerprint density at radius 2 is 2.00 bits per heavy atom. The van der Waals surface area contributed by atoms with E-state index in [1.165, 1.54) is 4.90 Å². The lowest BCUT2D eigenvalue weighted by atomic mass is 10.1. The van der Waals surface area contributed by atoms with E-state index in [9.17, 15) is 13.2 Å². The summed E-state index contributed by atoms with van der Waals surface area (Å²) in [4.78, 5) is 5.61. The summed E-state index contributed by atoms with van der Waals surface area (Å²) in [5.41, 5.74) is 1.08. The summed E-state index contributed by atoms with van der Waals surface area (Å²) < 4.78 is 42.4. The van der Waals surface area contributed by atoms with Crippen molar-refractivity contribution in [3.63, 3.8) is 0 Å². The highest BCUT2D eigenvalue weighted by Gasteiger charge is 2.34. The largest absolute Gasteiger partial charge is 0.497 e. The molecule has 1 aromatic rings. The number of methoxy groups -OCH3 is 1. The van der Waals surface area contributed by atoms with Gasteiger partial charge in [0, 0.05) is 26.7 Å². The Morgan fingerprint density at radius 3 is 2.60 bits per heavy atom. The molecule has 140 valence electrons. The van der Waals surface area contributed by atoms with Gasteiger partial charge in [0.25, 0.3) is 0 Å².